The summed E-state index contributed by atoms with van der Waals surface area (Å²) in [5.41, 5.74) is 7.86. The second kappa shape index (κ2) is 13.9. The average molecular weight is 655 g/mol. The van der Waals surface area contributed by atoms with Crippen molar-refractivity contribution >= 4 is 45.9 Å². The highest BCUT2D eigenvalue weighted by atomic mass is 35.5. The first kappa shape index (κ1) is 35.0. The zero-order valence-electron chi connectivity index (χ0n) is 27.3. The minimum atomic E-state index is -1.05. The van der Waals surface area contributed by atoms with Crippen LogP contribution in [0.1, 0.15) is 115 Å². The first-order valence-corrected chi connectivity index (χ1v) is 17.4. The Morgan fingerprint density at radius 1 is 1.09 bits per heavy atom. The molecule has 0 aromatic carbocycles. The number of hydrogen-bond donors (Lipinski definition) is 3. The molecule has 4 aliphatic carbocycles. The van der Waals surface area contributed by atoms with Crippen molar-refractivity contribution in [3.8, 4) is 12.1 Å². The maximum atomic E-state index is 12.8. The normalized spacial score (nSPS) is 21.6. The third-order valence-electron chi connectivity index (χ3n) is 8.57. The molecule has 0 saturated heterocycles. The number of aromatic nitrogens is 3. The number of carbonyl (C=O) groups excluding carboxylic acids is 1. The Labute approximate surface area is 274 Å². The third-order valence-corrected chi connectivity index (χ3v) is 10.3. The predicted octanol–water partition coefficient (Wildman–Crippen LogP) is 6.07. The van der Waals surface area contributed by atoms with Gasteiger partial charge in [0, 0.05) is 24.4 Å². The summed E-state index contributed by atoms with van der Waals surface area (Å²) in [5, 5.41) is 21.1. The molecule has 10 nitrogen and oxygen atoms in total. The summed E-state index contributed by atoms with van der Waals surface area (Å²) in [6, 6.07) is 4.04. The van der Waals surface area contributed by atoms with E-state index < -0.39 is 21.3 Å². The minimum Gasteiger partial charge on any atom is -0.347 e. The molecule has 4 saturated carbocycles. The first-order chi connectivity index (χ1) is 21.1. The lowest BCUT2D eigenvalue weighted by molar-refractivity contribution is 0.0905. The number of fused-ring (bicyclic) bond motifs is 1. The predicted molar refractivity (Wildman–Crippen MR) is 179 cm³/mol. The molecule has 6 rings (SSSR count). The minimum absolute atomic E-state index is 0.139. The maximum absolute atomic E-state index is 12.8. The molecule has 4 unspecified atom stereocenters. The van der Waals surface area contributed by atoms with Crippen LogP contribution in [0.3, 0.4) is 0 Å². The summed E-state index contributed by atoms with van der Waals surface area (Å²) in [5.74, 6) is 1.82. The van der Waals surface area contributed by atoms with E-state index in [1.54, 1.807) is 19.3 Å². The van der Waals surface area contributed by atoms with Gasteiger partial charge < -0.3 is 16.0 Å². The molecule has 45 heavy (non-hydrogen) atoms. The van der Waals surface area contributed by atoms with Gasteiger partial charge in [0.1, 0.15) is 21.4 Å². The van der Waals surface area contributed by atoms with Gasteiger partial charge in [-0.05, 0) is 111 Å². The molecule has 0 aliphatic heterocycles. The Balaban J connectivity index is 0.000000182. The molecule has 4 aliphatic rings. The van der Waals surface area contributed by atoms with Gasteiger partial charge in [-0.3, -0.25) is 4.79 Å². The van der Waals surface area contributed by atoms with E-state index in [9.17, 15) is 14.3 Å². The molecule has 2 heterocycles. The SMILES string of the molecule is CC(C)(C#N)C(NC(=O)c1c[nH]c2ncc(C3CC3)nc12)C1CC1.CC(C)(C)S(=O)N=CC1CC1.CC(Cl)(C#N)C(N)C1CC1. The van der Waals surface area contributed by atoms with Crippen molar-refractivity contribution < 1.29 is 9.00 Å². The molecule has 2 aromatic rings. The van der Waals surface area contributed by atoms with Gasteiger partial charge in [0.2, 0.25) is 0 Å². The molecule has 0 spiro atoms. The summed E-state index contributed by atoms with van der Waals surface area (Å²) in [6.45, 7) is 11.3. The quantitative estimate of drug-likeness (QED) is 0.217. The second-order valence-corrected chi connectivity index (χ2v) is 17.3. The van der Waals surface area contributed by atoms with Gasteiger partial charge in [0.15, 0.2) is 5.65 Å². The molecule has 0 radical (unpaired) electrons. The monoisotopic (exact) mass is 654 g/mol. The van der Waals surface area contributed by atoms with Crippen molar-refractivity contribution in [3.63, 3.8) is 0 Å². The summed E-state index contributed by atoms with van der Waals surface area (Å²) in [4.78, 5) is 24.0. The van der Waals surface area contributed by atoms with Gasteiger partial charge in [0.25, 0.3) is 5.91 Å². The van der Waals surface area contributed by atoms with Crippen LogP contribution in [-0.2, 0) is 11.0 Å². The van der Waals surface area contributed by atoms with E-state index in [0.29, 0.717) is 40.4 Å². The fourth-order valence-electron chi connectivity index (χ4n) is 4.78. The Kier molecular flexibility index (Phi) is 10.8. The summed E-state index contributed by atoms with van der Waals surface area (Å²) < 4.78 is 15.1. The number of aromatic amines is 1. The van der Waals surface area contributed by atoms with Crippen molar-refractivity contribution in [2.24, 2.45) is 33.3 Å². The number of hydrogen-bond acceptors (Lipinski definition) is 7. The van der Waals surface area contributed by atoms with Crippen LogP contribution in [-0.4, -0.2) is 53.0 Å². The van der Waals surface area contributed by atoms with Crippen LogP contribution in [0.2, 0.25) is 0 Å². The topological polar surface area (TPSA) is 174 Å². The zero-order valence-corrected chi connectivity index (χ0v) is 28.8. The van der Waals surface area contributed by atoms with E-state index in [-0.39, 0.29) is 22.7 Å². The van der Waals surface area contributed by atoms with Gasteiger partial charge in [-0.15, -0.1) is 11.6 Å². The molecule has 0 bridgehead atoms. The zero-order chi connectivity index (χ0) is 33.2. The summed E-state index contributed by atoms with van der Waals surface area (Å²) >= 11 is 5.82. The second-order valence-electron chi connectivity index (χ2n) is 14.6. The van der Waals surface area contributed by atoms with E-state index in [2.05, 4.69) is 30.7 Å². The Morgan fingerprint density at radius 2 is 1.71 bits per heavy atom. The van der Waals surface area contributed by atoms with E-state index in [4.69, 9.17) is 22.6 Å². The van der Waals surface area contributed by atoms with Gasteiger partial charge in [-0.25, -0.2) is 14.2 Å². The van der Waals surface area contributed by atoms with Crippen LogP contribution in [0.15, 0.2) is 16.8 Å². The van der Waals surface area contributed by atoms with E-state index >= 15 is 0 Å². The van der Waals surface area contributed by atoms with Crippen molar-refractivity contribution in [2.45, 2.75) is 121 Å². The number of nitriles is 2. The third kappa shape index (κ3) is 9.81. The van der Waals surface area contributed by atoms with Crippen LogP contribution in [0, 0.1) is 45.8 Å². The van der Waals surface area contributed by atoms with Crippen LogP contribution in [0.25, 0.3) is 11.2 Å². The number of carbonyl (C=O) groups is 1. The van der Waals surface area contributed by atoms with Crippen LogP contribution in [0.4, 0.5) is 0 Å². The average Bonchev–Trinajstić information content (AvgIpc) is 3.83. The number of nitrogens with zero attached hydrogens (tertiary/aromatic N) is 5. The summed E-state index contributed by atoms with van der Waals surface area (Å²) in [6.07, 6.45) is 14.4. The number of H-pyrrole nitrogens is 1. The number of nitrogens with two attached hydrogens (primary N) is 1. The lowest BCUT2D eigenvalue weighted by atomic mass is 9.83. The Bertz CT molecular complexity index is 1500. The van der Waals surface area contributed by atoms with Crippen molar-refractivity contribution in [1.29, 1.82) is 10.5 Å². The maximum Gasteiger partial charge on any atom is 0.255 e. The molecule has 4 N–H and O–H groups in total. The number of amides is 1. The highest BCUT2D eigenvalue weighted by Gasteiger charge is 2.43. The molecule has 4 atom stereocenters. The molecule has 1 amide bonds. The van der Waals surface area contributed by atoms with Gasteiger partial charge >= 0.3 is 0 Å². The Hall–Kier alpha value is -2.86. The standard InChI is InChI=1S/C18H21N5O.C8H15NOS.C7H11ClN2/c1-18(2,9-19)15(11-5-6-11)23-17(24)12-7-20-16-14(12)22-13(8-21-16)10-3-4-10;1-8(2,3)11(10)9-6-7-4-5-7;1-7(8,4-9)6(10)5-2-3-5/h7-8,10-11,15H,3-6H2,1-2H3,(H,20,21)(H,23,24);6-7H,4-5H2,1-3H3;5-6H,2-3,10H2,1H3. The largest absolute Gasteiger partial charge is 0.347 e. The van der Waals surface area contributed by atoms with Gasteiger partial charge in [-0.1, -0.05) is 0 Å². The molecular weight excluding hydrogens is 608 g/mol. The molecule has 244 valence electrons. The number of alkyl halides is 1. The fourth-order valence-corrected chi connectivity index (χ4v) is 5.55. The van der Waals surface area contributed by atoms with Crippen LogP contribution >= 0.6 is 11.6 Å². The van der Waals surface area contributed by atoms with Gasteiger partial charge in [0.05, 0.1) is 45.8 Å². The highest BCUT2D eigenvalue weighted by Crippen LogP contribution is 2.41. The van der Waals surface area contributed by atoms with Crippen molar-refractivity contribution in [1.82, 2.24) is 20.3 Å². The molecular formula is C33H47ClN8O2S. The Morgan fingerprint density at radius 3 is 2.20 bits per heavy atom. The number of nitrogens with one attached hydrogen (secondary N) is 2. The fraction of sp³-hybridized carbons (Fsp3) is 0.697. The van der Waals surface area contributed by atoms with Crippen molar-refractivity contribution in [3.05, 3.63) is 23.7 Å². The van der Waals surface area contributed by atoms with E-state index in [0.717, 1.165) is 44.2 Å². The smallest absolute Gasteiger partial charge is 0.255 e. The number of halogens is 1. The molecule has 12 heteroatoms. The van der Waals surface area contributed by atoms with Crippen LogP contribution in [0.5, 0.6) is 0 Å². The van der Waals surface area contributed by atoms with Crippen LogP contribution < -0.4 is 11.1 Å². The van der Waals surface area contributed by atoms with E-state index in [1.165, 1.54) is 12.8 Å². The van der Waals surface area contributed by atoms with Gasteiger partial charge in [-0.2, -0.15) is 14.9 Å². The first-order valence-electron chi connectivity index (χ1n) is 16.0. The molecule has 4 fully saturated rings. The summed E-state index contributed by atoms with van der Waals surface area (Å²) in [7, 11) is -1.05. The van der Waals surface area contributed by atoms with Crippen molar-refractivity contribution in [2.75, 3.05) is 0 Å². The lowest BCUT2D eigenvalue weighted by Crippen LogP contribution is -2.46. The highest BCUT2D eigenvalue weighted by molar-refractivity contribution is 7.85. The number of rotatable bonds is 9. The lowest BCUT2D eigenvalue weighted by Gasteiger charge is -2.29. The van der Waals surface area contributed by atoms with E-state index in [1.807, 2.05) is 46.9 Å². The molecule has 2 aromatic heterocycles.